The first-order valence-corrected chi connectivity index (χ1v) is 7.41. The summed E-state index contributed by atoms with van der Waals surface area (Å²) < 4.78 is 5.26. The Morgan fingerprint density at radius 1 is 1.29 bits per heavy atom. The Balaban J connectivity index is 2.02. The minimum Gasteiger partial charge on any atom is -0.496 e. The van der Waals surface area contributed by atoms with E-state index >= 15 is 0 Å². The molecule has 2 rings (SSSR count). The Labute approximate surface area is 130 Å². The summed E-state index contributed by atoms with van der Waals surface area (Å²) in [5.74, 6) is 0.622. The van der Waals surface area contributed by atoms with Crippen LogP contribution in [-0.2, 0) is 0 Å². The molecule has 0 bridgehead atoms. The molecule has 0 saturated carbocycles. The Hall–Kier alpha value is -1.66. The van der Waals surface area contributed by atoms with Crippen molar-refractivity contribution in [3.05, 3.63) is 29.8 Å². The molecule has 1 atom stereocenters. The van der Waals surface area contributed by atoms with Gasteiger partial charge in [0, 0.05) is 26.2 Å². The molecule has 5 nitrogen and oxygen atoms in total. The first-order chi connectivity index (χ1) is 10.0. The fourth-order valence-corrected chi connectivity index (χ4v) is 2.63. The van der Waals surface area contributed by atoms with E-state index in [4.69, 9.17) is 22.7 Å². The van der Waals surface area contributed by atoms with E-state index in [1.165, 1.54) is 0 Å². The number of rotatable bonds is 4. The van der Waals surface area contributed by atoms with Crippen LogP contribution >= 0.6 is 12.2 Å². The number of para-hydroxylation sites is 1. The molecule has 1 aromatic carbocycles. The maximum atomic E-state index is 12.6. The quantitative estimate of drug-likeness (QED) is 0.845. The van der Waals surface area contributed by atoms with Crippen molar-refractivity contribution in [1.82, 2.24) is 9.80 Å². The van der Waals surface area contributed by atoms with E-state index in [2.05, 4.69) is 4.90 Å². The Morgan fingerprint density at radius 2 is 1.90 bits per heavy atom. The number of piperazine rings is 1. The maximum Gasteiger partial charge on any atom is 0.257 e. The number of nitrogens with two attached hydrogens (primary N) is 1. The predicted octanol–water partition coefficient (Wildman–Crippen LogP) is 1.13. The van der Waals surface area contributed by atoms with Crippen LogP contribution in [-0.4, -0.2) is 60.0 Å². The molecule has 2 N–H and O–H groups in total. The molecule has 0 radical (unpaired) electrons. The van der Waals surface area contributed by atoms with Gasteiger partial charge in [-0.2, -0.15) is 0 Å². The van der Waals surface area contributed by atoms with Crippen molar-refractivity contribution in [1.29, 1.82) is 0 Å². The highest BCUT2D eigenvalue weighted by molar-refractivity contribution is 7.80. The van der Waals surface area contributed by atoms with E-state index in [1.54, 1.807) is 19.2 Å². The minimum atomic E-state index is 0.00933. The van der Waals surface area contributed by atoms with Crippen molar-refractivity contribution in [2.75, 3.05) is 33.3 Å². The standard InChI is InChI=1S/C15H21N3O2S/c1-11(14(16)21)17-7-9-18(10-8-17)15(19)12-5-3-4-6-13(12)20-2/h3-6,11H,7-10H2,1-2H3,(H2,16,21). The van der Waals surface area contributed by atoms with E-state index in [1.807, 2.05) is 24.0 Å². The van der Waals surface area contributed by atoms with E-state index in [0.717, 1.165) is 13.1 Å². The highest BCUT2D eigenvalue weighted by Crippen LogP contribution is 2.20. The van der Waals surface area contributed by atoms with Crippen molar-refractivity contribution in [3.63, 3.8) is 0 Å². The van der Waals surface area contributed by atoms with Crippen LogP contribution in [0.5, 0.6) is 5.75 Å². The fourth-order valence-electron chi connectivity index (χ4n) is 2.48. The molecule has 114 valence electrons. The smallest absolute Gasteiger partial charge is 0.257 e. The fraction of sp³-hybridized carbons (Fsp3) is 0.467. The van der Waals surface area contributed by atoms with Gasteiger partial charge < -0.3 is 15.4 Å². The molecule has 1 saturated heterocycles. The second kappa shape index (κ2) is 6.87. The summed E-state index contributed by atoms with van der Waals surface area (Å²) in [5.41, 5.74) is 6.29. The zero-order valence-corrected chi connectivity index (χ0v) is 13.2. The highest BCUT2D eigenvalue weighted by Gasteiger charge is 2.26. The largest absolute Gasteiger partial charge is 0.496 e. The summed E-state index contributed by atoms with van der Waals surface area (Å²) in [5, 5.41) is 0. The van der Waals surface area contributed by atoms with E-state index in [9.17, 15) is 4.79 Å². The van der Waals surface area contributed by atoms with Crippen molar-refractivity contribution in [3.8, 4) is 5.75 Å². The van der Waals surface area contributed by atoms with Gasteiger partial charge in [-0.3, -0.25) is 9.69 Å². The summed E-state index contributed by atoms with van der Waals surface area (Å²) in [7, 11) is 1.58. The Kier molecular flexibility index (Phi) is 5.14. The lowest BCUT2D eigenvalue weighted by molar-refractivity contribution is 0.0618. The van der Waals surface area contributed by atoms with Gasteiger partial charge in [0.15, 0.2) is 0 Å². The lowest BCUT2D eigenvalue weighted by Crippen LogP contribution is -2.53. The van der Waals surface area contributed by atoms with Gasteiger partial charge in [-0.15, -0.1) is 0 Å². The number of thiocarbonyl (C=S) groups is 1. The number of benzene rings is 1. The van der Waals surface area contributed by atoms with Gasteiger partial charge in [0.1, 0.15) is 5.75 Å². The van der Waals surface area contributed by atoms with Crippen LogP contribution in [0.15, 0.2) is 24.3 Å². The average Bonchev–Trinajstić information content (AvgIpc) is 2.53. The normalized spacial score (nSPS) is 17.3. The molecule has 0 aliphatic carbocycles. The van der Waals surface area contributed by atoms with Gasteiger partial charge in [-0.1, -0.05) is 24.4 Å². The second-order valence-corrected chi connectivity index (χ2v) is 5.58. The zero-order chi connectivity index (χ0) is 15.4. The number of methoxy groups -OCH3 is 1. The number of ether oxygens (including phenoxy) is 1. The second-order valence-electron chi connectivity index (χ2n) is 5.11. The first kappa shape index (κ1) is 15.7. The SMILES string of the molecule is COc1ccccc1C(=O)N1CCN(C(C)C(N)=S)CC1. The third kappa shape index (κ3) is 3.51. The summed E-state index contributed by atoms with van der Waals surface area (Å²) in [4.78, 5) is 17.1. The Bertz CT molecular complexity index is 527. The third-order valence-electron chi connectivity index (χ3n) is 3.90. The summed E-state index contributed by atoms with van der Waals surface area (Å²) in [6.07, 6.45) is 0. The molecule has 1 heterocycles. The number of carbonyl (C=O) groups is 1. The predicted molar refractivity (Wildman–Crippen MR) is 86.7 cm³/mol. The van der Waals surface area contributed by atoms with Gasteiger partial charge in [-0.25, -0.2) is 0 Å². The van der Waals surface area contributed by atoms with Crippen LogP contribution in [0.1, 0.15) is 17.3 Å². The number of hydrogen-bond acceptors (Lipinski definition) is 4. The molecule has 1 fully saturated rings. The zero-order valence-electron chi connectivity index (χ0n) is 12.4. The monoisotopic (exact) mass is 307 g/mol. The number of amides is 1. The van der Waals surface area contributed by atoms with Gasteiger partial charge in [0.05, 0.1) is 23.7 Å². The molecule has 0 aromatic heterocycles. The van der Waals surface area contributed by atoms with Crippen LogP contribution in [0.4, 0.5) is 0 Å². The van der Waals surface area contributed by atoms with Crippen LogP contribution < -0.4 is 10.5 Å². The molecule has 1 aliphatic rings. The summed E-state index contributed by atoms with van der Waals surface area (Å²) in [6.45, 7) is 4.90. The summed E-state index contributed by atoms with van der Waals surface area (Å²) in [6, 6.07) is 7.38. The van der Waals surface area contributed by atoms with Crippen molar-refractivity contribution < 1.29 is 9.53 Å². The molecule has 1 unspecified atom stereocenters. The number of nitrogens with zero attached hydrogens (tertiary/aromatic N) is 2. The molecule has 6 heteroatoms. The molecule has 21 heavy (non-hydrogen) atoms. The van der Waals surface area contributed by atoms with E-state index in [-0.39, 0.29) is 11.9 Å². The maximum absolute atomic E-state index is 12.6. The molecule has 1 aliphatic heterocycles. The minimum absolute atomic E-state index is 0.00933. The van der Waals surface area contributed by atoms with Gasteiger partial charge >= 0.3 is 0 Å². The number of carbonyl (C=O) groups excluding carboxylic acids is 1. The van der Waals surface area contributed by atoms with E-state index in [0.29, 0.717) is 29.4 Å². The lowest BCUT2D eigenvalue weighted by Gasteiger charge is -2.37. The average molecular weight is 307 g/mol. The summed E-state index contributed by atoms with van der Waals surface area (Å²) >= 11 is 5.03. The van der Waals surface area contributed by atoms with Gasteiger partial charge in [-0.05, 0) is 19.1 Å². The number of hydrogen-bond donors (Lipinski definition) is 1. The lowest BCUT2D eigenvalue weighted by atomic mass is 10.1. The Morgan fingerprint density at radius 3 is 2.48 bits per heavy atom. The third-order valence-corrected chi connectivity index (χ3v) is 4.24. The topological polar surface area (TPSA) is 58.8 Å². The van der Waals surface area contributed by atoms with Crippen LogP contribution in [0.25, 0.3) is 0 Å². The molecule has 0 spiro atoms. The van der Waals surface area contributed by atoms with Crippen molar-refractivity contribution >= 4 is 23.1 Å². The molecule has 1 amide bonds. The first-order valence-electron chi connectivity index (χ1n) is 7.00. The molecular formula is C15H21N3O2S. The highest BCUT2D eigenvalue weighted by atomic mass is 32.1. The molecule has 1 aromatic rings. The van der Waals surface area contributed by atoms with Crippen molar-refractivity contribution in [2.45, 2.75) is 13.0 Å². The van der Waals surface area contributed by atoms with Crippen LogP contribution in [0.2, 0.25) is 0 Å². The van der Waals surface area contributed by atoms with Gasteiger partial charge in [0.25, 0.3) is 5.91 Å². The van der Waals surface area contributed by atoms with Crippen molar-refractivity contribution in [2.24, 2.45) is 5.73 Å². The van der Waals surface area contributed by atoms with Gasteiger partial charge in [0.2, 0.25) is 0 Å². The van der Waals surface area contributed by atoms with Crippen LogP contribution in [0, 0.1) is 0 Å². The van der Waals surface area contributed by atoms with E-state index < -0.39 is 0 Å². The van der Waals surface area contributed by atoms with Crippen LogP contribution in [0.3, 0.4) is 0 Å². The molecular weight excluding hydrogens is 286 g/mol.